The van der Waals surface area contributed by atoms with Gasteiger partial charge in [0.25, 0.3) is 0 Å². The second-order valence-electron chi connectivity index (χ2n) is 3.99. The van der Waals surface area contributed by atoms with Gasteiger partial charge in [-0.25, -0.2) is 4.79 Å². The molecule has 0 aromatic rings. The maximum atomic E-state index is 11.2. The van der Waals surface area contributed by atoms with Crippen LogP contribution in [0.5, 0.6) is 0 Å². The Labute approximate surface area is 86.3 Å². The maximum Gasteiger partial charge on any atom is 0.330 e. The van der Waals surface area contributed by atoms with Crippen molar-refractivity contribution >= 4 is 5.97 Å². The van der Waals surface area contributed by atoms with Crippen LogP contribution in [0.1, 0.15) is 46.0 Å². The molecule has 2 heteroatoms. The van der Waals surface area contributed by atoms with Crippen LogP contribution in [0.3, 0.4) is 0 Å². The van der Waals surface area contributed by atoms with Crippen LogP contribution in [0.25, 0.3) is 0 Å². The van der Waals surface area contributed by atoms with Gasteiger partial charge in [0.05, 0.1) is 0 Å². The zero-order valence-corrected chi connectivity index (χ0v) is 9.16. The molecule has 0 aromatic carbocycles. The number of ether oxygens (including phenoxy) is 1. The average molecular weight is 196 g/mol. The first kappa shape index (κ1) is 11.3. The topological polar surface area (TPSA) is 26.3 Å². The lowest BCUT2D eigenvalue weighted by Gasteiger charge is -2.27. The van der Waals surface area contributed by atoms with E-state index in [-0.39, 0.29) is 12.1 Å². The van der Waals surface area contributed by atoms with Crippen LogP contribution in [0, 0.1) is 5.92 Å². The lowest BCUT2D eigenvalue weighted by molar-refractivity contribution is -0.144. The average Bonchev–Trinajstić information content (AvgIpc) is 2.19. The molecule has 1 fully saturated rings. The van der Waals surface area contributed by atoms with Gasteiger partial charge < -0.3 is 4.74 Å². The van der Waals surface area contributed by atoms with E-state index in [1.807, 2.05) is 6.92 Å². The fraction of sp³-hybridized carbons (Fsp3) is 0.750. The van der Waals surface area contributed by atoms with E-state index in [1.54, 1.807) is 6.08 Å². The summed E-state index contributed by atoms with van der Waals surface area (Å²) < 4.78 is 5.30. The van der Waals surface area contributed by atoms with E-state index in [0.29, 0.717) is 0 Å². The van der Waals surface area contributed by atoms with E-state index >= 15 is 0 Å². The van der Waals surface area contributed by atoms with Crippen LogP contribution in [0.2, 0.25) is 0 Å². The molecule has 0 unspecified atom stereocenters. The van der Waals surface area contributed by atoms with Crippen LogP contribution in [0.15, 0.2) is 12.2 Å². The smallest absolute Gasteiger partial charge is 0.330 e. The molecule has 0 aliphatic heterocycles. The zero-order valence-electron chi connectivity index (χ0n) is 9.16. The molecule has 1 aliphatic rings. The molecule has 1 saturated carbocycles. The molecule has 2 nitrogen and oxygen atoms in total. The van der Waals surface area contributed by atoms with Crippen molar-refractivity contribution in [2.45, 2.75) is 52.1 Å². The molecule has 0 bridgehead atoms. The predicted molar refractivity (Wildman–Crippen MR) is 56.9 cm³/mol. The van der Waals surface area contributed by atoms with Gasteiger partial charge in [-0.15, -0.1) is 0 Å². The Morgan fingerprint density at radius 2 is 2.00 bits per heavy atom. The number of carbonyl (C=O) groups is 1. The fourth-order valence-corrected chi connectivity index (χ4v) is 2.00. The molecule has 0 amide bonds. The number of carbonyl (C=O) groups excluding carboxylic acids is 1. The van der Waals surface area contributed by atoms with Gasteiger partial charge in [-0.2, -0.15) is 0 Å². The van der Waals surface area contributed by atoms with Crippen molar-refractivity contribution in [2.24, 2.45) is 5.92 Å². The van der Waals surface area contributed by atoms with Crippen molar-refractivity contribution in [3.8, 4) is 0 Å². The van der Waals surface area contributed by atoms with Crippen molar-refractivity contribution in [2.75, 3.05) is 0 Å². The van der Waals surface area contributed by atoms with Crippen LogP contribution in [-0.4, -0.2) is 12.1 Å². The Kier molecular flexibility index (Phi) is 4.71. The maximum absolute atomic E-state index is 11.2. The molecule has 1 aliphatic carbocycles. The molecule has 0 saturated heterocycles. The molecule has 0 N–H and O–H groups in total. The lowest BCUT2D eigenvalue weighted by Crippen LogP contribution is -2.23. The quantitative estimate of drug-likeness (QED) is 0.512. The summed E-state index contributed by atoms with van der Waals surface area (Å²) in [6, 6.07) is 0. The lowest BCUT2D eigenvalue weighted by atomic mass is 9.86. The third-order valence-corrected chi connectivity index (χ3v) is 2.96. The number of allylic oxidation sites excluding steroid dienone is 1. The second kappa shape index (κ2) is 5.84. The molecule has 80 valence electrons. The van der Waals surface area contributed by atoms with Crippen LogP contribution < -0.4 is 0 Å². The molecule has 0 atom stereocenters. The first-order valence-electron chi connectivity index (χ1n) is 5.59. The van der Waals surface area contributed by atoms with E-state index < -0.39 is 0 Å². The number of hydrogen-bond acceptors (Lipinski definition) is 2. The van der Waals surface area contributed by atoms with Crippen LogP contribution in [-0.2, 0) is 9.53 Å². The first-order valence-corrected chi connectivity index (χ1v) is 5.59. The zero-order chi connectivity index (χ0) is 10.4. The molecular weight excluding hydrogens is 176 g/mol. The monoisotopic (exact) mass is 196 g/mol. The van der Waals surface area contributed by atoms with Crippen LogP contribution >= 0.6 is 0 Å². The van der Waals surface area contributed by atoms with Crippen molar-refractivity contribution in [1.29, 1.82) is 0 Å². The minimum atomic E-state index is -0.188. The summed E-state index contributed by atoms with van der Waals surface area (Å²) in [4.78, 5) is 11.2. The van der Waals surface area contributed by atoms with E-state index in [4.69, 9.17) is 4.74 Å². The second-order valence-corrected chi connectivity index (χ2v) is 3.99. The third kappa shape index (κ3) is 3.52. The van der Waals surface area contributed by atoms with Gasteiger partial charge in [0.1, 0.15) is 6.10 Å². The van der Waals surface area contributed by atoms with Gasteiger partial charge in [-0.05, 0) is 38.5 Å². The van der Waals surface area contributed by atoms with Crippen molar-refractivity contribution in [1.82, 2.24) is 0 Å². The summed E-state index contributed by atoms with van der Waals surface area (Å²) in [5.74, 6) is 0.666. The molecular formula is C12H20O2. The minimum absolute atomic E-state index is 0.168. The van der Waals surface area contributed by atoms with E-state index in [1.165, 1.54) is 25.3 Å². The Morgan fingerprint density at radius 3 is 2.50 bits per heavy atom. The summed E-state index contributed by atoms with van der Waals surface area (Å²) in [6.45, 7) is 4.06. The Balaban J connectivity index is 2.25. The molecule has 1 rings (SSSR count). The van der Waals surface area contributed by atoms with Gasteiger partial charge in [-0.1, -0.05) is 19.4 Å². The summed E-state index contributed by atoms with van der Waals surface area (Å²) in [5.41, 5.74) is 0. The van der Waals surface area contributed by atoms with Gasteiger partial charge in [0.2, 0.25) is 0 Å². The Hall–Kier alpha value is -0.790. The predicted octanol–water partition coefficient (Wildman–Crippen LogP) is 3.07. The highest BCUT2D eigenvalue weighted by molar-refractivity contribution is 5.81. The molecule has 0 radical (unpaired) electrons. The fourth-order valence-electron chi connectivity index (χ4n) is 2.00. The first-order chi connectivity index (χ1) is 6.76. The van der Waals surface area contributed by atoms with Gasteiger partial charge in [0, 0.05) is 6.08 Å². The highest BCUT2D eigenvalue weighted by Gasteiger charge is 2.21. The minimum Gasteiger partial charge on any atom is -0.459 e. The highest BCUT2D eigenvalue weighted by atomic mass is 16.5. The molecule has 0 heterocycles. The summed E-state index contributed by atoms with van der Waals surface area (Å²) in [6.07, 6.45) is 9.15. The van der Waals surface area contributed by atoms with Crippen molar-refractivity contribution in [3.63, 3.8) is 0 Å². The number of esters is 1. The van der Waals surface area contributed by atoms with Gasteiger partial charge in [0.15, 0.2) is 0 Å². The molecule has 14 heavy (non-hydrogen) atoms. The highest BCUT2D eigenvalue weighted by Crippen LogP contribution is 2.28. The summed E-state index contributed by atoms with van der Waals surface area (Å²) in [5, 5.41) is 0. The van der Waals surface area contributed by atoms with Crippen molar-refractivity contribution in [3.05, 3.63) is 12.2 Å². The van der Waals surface area contributed by atoms with Crippen LogP contribution in [0.4, 0.5) is 0 Å². The SMILES string of the molecule is CC=CC(=O)OC1CCC(CC)CC1. The molecule has 0 spiro atoms. The largest absolute Gasteiger partial charge is 0.459 e. The van der Waals surface area contributed by atoms with E-state index in [9.17, 15) is 4.79 Å². The van der Waals surface area contributed by atoms with Gasteiger partial charge >= 0.3 is 5.97 Å². The number of hydrogen-bond donors (Lipinski definition) is 0. The van der Waals surface area contributed by atoms with E-state index in [0.717, 1.165) is 18.8 Å². The summed E-state index contributed by atoms with van der Waals surface area (Å²) in [7, 11) is 0. The Bertz CT molecular complexity index is 200. The Morgan fingerprint density at radius 1 is 1.36 bits per heavy atom. The van der Waals surface area contributed by atoms with E-state index in [2.05, 4.69) is 6.92 Å². The standard InChI is InChI=1S/C12H20O2/c1-3-5-12(13)14-11-8-6-10(4-2)7-9-11/h3,5,10-11H,4,6-9H2,1-2H3. The third-order valence-electron chi connectivity index (χ3n) is 2.96. The summed E-state index contributed by atoms with van der Waals surface area (Å²) >= 11 is 0. The van der Waals surface area contributed by atoms with Crippen molar-refractivity contribution < 1.29 is 9.53 Å². The normalized spacial score (nSPS) is 27.9. The van der Waals surface area contributed by atoms with Gasteiger partial charge in [-0.3, -0.25) is 0 Å². The number of rotatable bonds is 3. The molecule has 0 aromatic heterocycles.